The average Bonchev–Trinajstić information content (AvgIpc) is 3.08. The van der Waals surface area contributed by atoms with Crippen LogP contribution in [0, 0.1) is 5.92 Å². The van der Waals surface area contributed by atoms with E-state index in [1.54, 1.807) is 7.11 Å². The fourth-order valence-electron chi connectivity index (χ4n) is 2.56. The Bertz CT molecular complexity index is 594. The molecule has 5 heteroatoms. The molecule has 1 heterocycles. The SMILES string of the molecule is CCC(CNC(=O)C1C=C(CCCC2=C=C=CC=C2)ON1)COC. The number of hydrogen-bond donors (Lipinski definition) is 2. The smallest absolute Gasteiger partial charge is 0.244 e. The molecule has 5 nitrogen and oxygen atoms in total. The maximum atomic E-state index is 12.2. The summed E-state index contributed by atoms with van der Waals surface area (Å²) in [5, 5.41) is 2.95. The highest BCUT2D eigenvalue weighted by atomic mass is 16.7. The van der Waals surface area contributed by atoms with Crippen LogP contribution in [0.2, 0.25) is 0 Å². The van der Waals surface area contributed by atoms with Gasteiger partial charge in [-0.2, -0.15) is 0 Å². The minimum atomic E-state index is -0.420. The molecule has 0 saturated heterocycles. The highest BCUT2D eigenvalue weighted by molar-refractivity contribution is 5.83. The predicted molar refractivity (Wildman–Crippen MR) is 92.9 cm³/mol. The van der Waals surface area contributed by atoms with Gasteiger partial charge < -0.3 is 14.9 Å². The summed E-state index contributed by atoms with van der Waals surface area (Å²) in [4.78, 5) is 17.6. The maximum Gasteiger partial charge on any atom is 0.244 e. The molecule has 1 aliphatic carbocycles. The first-order chi connectivity index (χ1) is 11.7. The molecule has 2 rings (SSSR count). The molecule has 0 aromatic carbocycles. The molecule has 2 unspecified atom stereocenters. The summed E-state index contributed by atoms with van der Waals surface area (Å²) in [6.07, 6.45) is 11.3. The number of nitrogens with one attached hydrogen (secondary N) is 2. The number of rotatable bonds is 10. The van der Waals surface area contributed by atoms with Crippen LogP contribution in [0.5, 0.6) is 0 Å². The monoisotopic (exact) mass is 330 g/mol. The maximum absolute atomic E-state index is 12.2. The van der Waals surface area contributed by atoms with Gasteiger partial charge >= 0.3 is 0 Å². The van der Waals surface area contributed by atoms with Crippen molar-refractivity contribution in [2.75, 3.05) is 20.3 Å². The zero-order chi connectivity index (χ0) is 17.2. The molecule has 2 atom stereocenters. The molecule has 0 aromatic rings. The van der Waals surface area contributed by atoms with E-state index in [-0.39, 0.29) is 5.91 Å². The second kappa shape index (κ2) is 9.96. The van der Waals surface area contributed by atoms with E-state index in [2.05, 4.69) is 29.2 Å². The fourth-order valence-corrected chi connectivity index (χ4v) is 2.56. The number of allylic oxidation sites excluding steroid dienone is 5. The number of ether oxygens (including phenoxy) is 1. The fraction of sp³-hybridized carbons (Fsp3) is 0.526. The second-order valence-electron chi connectivity index (χ2n) is 5.98. The van der Waals surface area contributed by atoms with E-state index in [1.807, 2.05) is 24.3 Å². The Morgan fingerprint density at radius 1 is 1.50 bits per heavy atom. The van der Waals surface area contributed by atoms with Crippen LogP contribution < -0.4 is 10.8 Å². The van der Waals surface area contributed by atoms with Gasteiger partial charge in [0.05, 0.1) is 6.61 Å². The zero-order valence-electron chi connectivity index (χ0n) is 14.4. The normalized spacial score (nSPS) is 19.7. The van der Waals surface area contributed by atoms with Gasteiger partial charge in [0.1, 0.15) is 11.8 Å². The number of amides is 1. The molecule has 1 aliphatic heterocycles. The molecule has 2 aliphatic rings. The lowest BCUT2D eigenvalue weighted by molar-refractivity contribution is -0.123. The standard InChI is InChI=1S/C19H26N2O3/c1-3-15(14-23-2)13-20-19(22)18-12-17(24-21-18)11-7-10-16-8-5-4-6-9-16/h4-5,8,12,15,18,21H,3,7,10-11,13-14H2,1-2H3,(H,20,22). The van der Waals surface area contributed by atoms with Crippen LogP contribution in [0.15, 0.2) is 47.1 Å². The number of hydroxylamine groups is 1. The third-order valence-corrected chi connectivity index (χ3v) is 4.08. The lowest BCUT2D eigenvalue weighted by Gasteiger charge is -2.15. The summed E-state index contributed by atoms with van der Waals surface area (Å²) in [6, 6.07) is -0.420. The topological polar surface area (TPSA) is 59.6 Å². The number of carbonyl (C=O) groups excluding carboxylic acids is 1. The Balaban J connectivity index is 1.71. The molecule has 0 spiro atoms. The predicted octanol–water partition coefficient (Wildman–Crippen LogP) is 2.54. The largest absolute Gasteiger partial charge is 0.412 e. The van der Waals surface area contributed by atoms with Crippen molar-refractivity contribution in [1.82, 2.24) is 10.8 Å². The van der Waals surface area contributed by atoms with Gasteiger partial charge in [0.25, 0.3) is 0 Å². The van der Waals surface area contributed by atoms with Crippen molar-refractivity contribution in [3.05, 3.63) is 47.1 Å². The van der Waals surface area contributed by atoms with E-state index in [0.29, 0.717) is 19.1 Å². The van der Waals surface area contributed by atoms with E-state index in [1.165, 1.54) is 0 Å². The van der Waals surface area contributed by atoms with Crippen molar-refractivity contribution in [3.63, 3.8) is 0 Å². The molecular formula is C19H26N2O3. The summed E-state index contributed by atoms with van der Waals surface area (Å²) in [6.45, 7) is 3.36. The first-order valence-corrected chi connectivity index (χ1v) is 8.50. The molecule has 0 fully saturated rings. The highest BCUT2D eigenvalue weighted by Crippen LogP contribution is 2.17. The summed E-state index contributed by atoms with van der Waals surface area (Å²) in [5.74, 6) is 1.09. The van der Waals surface area contributed by atoms with Crippen molar-refractivity contribution in [1.29, 1.82) is 0 Å². The van der Waals surface area contributed by atoms with Crippen LogP contribution in [0.25, 0.3) is 0 Å². The van der Waals surface area contributed by atoms with Gasteiger partial charge in [-0.15, -0.1) is 5.48 Å². The van der Waals surface area contributed by atoms with E-state index in [9.17, 15) is 4.79 Å². The lowest BCUT2D eigenvalue weighted by atomic mass is 10.1. The third-order valence-electron chi connectivity index (χ3n) is 4.08. The van der Waals surface area contributed by atoms with E-state index < -0.39 is 6.04 Å². The second-order valence-corrected chi connectivity index (χ2v) is 5.98. The van der Waals surface area contributed by atoms with Gasteiger partial charge in [0.2, 0.25) is 5.91 Å². The van der Waals surface area contributed by atoms with E-state index in [0.717, 1.165) is 37.0 Å². The van der Waals surface area contributed by atoms with Crippen molar-refractivity contribution < 1.29 is 14.4 Å². The molecule has 24 heavy (non-hydrogen) atoms. The molecule has 0 radical (unpaired) electrons. The molecule has 1 amide bonds. The highest BCUT2D eigenvalue weighted by Gasteiger charge is 2.24. The lowest BCUT2D eigenvalue weighted by Crippen LogP contribution is -2.42. The molecular weight excluding hydrogens is 304 g/mol. The van der Waals surface area contributed by atoms with Crippen LogP contribution >= 0.6 is 0 Å². The van der Waals surface area contributed by atoms with Crippen molar-refractivity contribution in [2.24, 2.45) is 5.92 Å². The summed E-state index contributed by atoms with van der Waals surface area (Å²) >= 11 is 0. The van der Waals surface area contributed by atoms with Gasteiger partial charge in [-0.3, -0.25) is 4.79 Å². The Kier molecular flexibility index (Phi) is 7.60. The Labute approximate surface area is 143 Å². The van der Waals surface area contributed by atoms with Crippen molar-refractivity contribution in [3.8, 4) is 0 Å². The minimum Gasteiger partial charge on any atom is -0.412 e. The van der Waals surface area contributed by atoms with Crippen molar-refractivity contribution >= 4 is 5.91 Å². The van der Waals surface area contributed by atoms with Crippen LogP contribution in [-0.4, -0.2) is 32.2 Å². The van der Waals surface area contributed by atoms with Gasteiger partial charge in [-0.25, -0.2) is 0 Å². The van der Waals surface area contributed by atoms with E-state index in [4.69, 9.17) is 9.57 Å². The number of methoxy groups -OCH3 is 1. The van der Waals surface area contributed by atoms with Gasteiger partial charge in [0.15, 0.2) is 0 Å². The third kappa shape index (κ3) is 5.88. The summed E-state index contributed by atoms with van der Waals surface area (Å²) in [7, 11) is 1.68. The average molecular weight is 330 g/mol. The van der Waals surface area contributed by atoms with Crippen LogP contribution in [0.4, 0.5) is 0 Å². The summed E-state index contributed by atoms with van der Waals surface area (Å²) in [5.41, 5.74) is 9.96. The van der Waals surface area contributed by atoms with Crippen LogP contribution in [0.1, 0.15) is 32.6 Å². The zero-order valence-corrected chi connectivity index (χ0v) is 14.4. The summed E-state index contributed by atoms with van der Waals surface area (Å²) < 4.78 is 5.14. The molecule has 0 aromatic heterocycles. The van der Waals surface area contributed by atoms with E-state index >= 15 is 0 Å². The molecule has 0 saturated carbocycles. The van der Waals surface area contributed by atoms with Gasteiger partial charge in [0, 0.05) is 25.6 Å². The van der Waals surface area contributed by atoms with Gasteiger partial charge in [-0.05, 0) is 37.3 Å². The molecule has 2 N–H and O–H groups in total. The van der Waals surface area contributed by atoms with Crippen LogP contribution in [0.3, 0.4) is 0 Å². The first-order valence-electron chi connectivity index (χ1n) is 8.50. The number of hydrogen-bond acceptors (Lipinski definition) is 4. The molecule has 0 bridgehead atoms. The first kappa shape index (κ1) is 18.3. The Morgan fingerprint density at radius 2 is 2.38 bits per heavy atom. The Hall–Kier alpha value is -2.03. The van der Waals surface area contributed by atoms with Gasteiger partial charge in [-0.1, -0.05) is 30.5 Å². The Morgan fingerprint density at radius 3 is 3.08 bits per heavy atom. The van der Waals surface area contributed by atoms with Crippen LogP contribution in [-0.2, 0) is 14.4 Å². The number of carbonyl (C=O) groups is 1. The minimum absolute atomic E-state index is 0.0643. The van der Waals surface area contributed by atoms with Crippen molar-refractivity contribution in [2.45, 2.75) is 38.6 Å². The quantitative estimate of drug-likeness (QED) is 0.604. The molecule has 130 valence electrons.